The van der Waals surface area contributed by atoms with Crippen molar-refractivity contribution in [1.29, 1.82) is 0 Å². The Bertz CT molecular complexity index is 1050. The Kier molecular flexibility index (Phi) is 7.84. The standard InChI is InChI=1S/C23H31N3O4S/c1-16-8-7-9-20(11-16)14-25(19(4)23(28)24-5)22(27)15-26(31(6,29)30)21-12-17(2)10-18(3)13-21/h7-13,19H,14-15H2,1-6H3,(H,24,28)/t19-/m0/s1. The molecule has 168 valence electrons. The SMILES string of the molecule is CNC(=O)[C@H](C)N(Cc1cccc(C)c1)C(=O)CN(c1cc(C)cc(C)c1)S(C)(=O)=O. The number of carbonyl (C=O) groups is 2. The van der Waals surface area contributed by atoms with Gasteiger partial charge in [0, 0.05) is 13.6 Å². The number of hydrogen-bond acceptors (Lipinski definition) is 4. The Morgan fingerprint density at radius 2 is 1.61 bits per heavy atom. The molecule has 0 radical (unpaired) electrons. The van der Waals surface area contributed by atoms with E-state index in [1.165, 1.54) is 11.9 Å². The molecule has 1 atom stereocenters. The number of aryl methyl sites for hydroxylation is 3. The number of nitrogens with zero attached hydrogens (tertiary/aromatic N) is 2. The number of hydrogen-bond donors (Lipinski definition) is 1. The molecule has 7 nitrogen and oxygen atoms in total. The topological polar surface area (TPSA) is 86.8 Å². The van der Waals surface area contributed by atoms with Gasteiger partial charge in [0.1, 0.15) is 12.6 Å². The minimum absolute atomic E-state index is 0.194. The first kappa shape index (κ1) is 24.4. The molecule has 2 aromatic carbocycles. The second-order valence-electron chi connectivity index (χ2n) is 7.92. The summed E-state index contributed by atoms with van der Waals surface area (Å²) < 4.78 is 26.2. The summed E-state index contributed by atoms with van der Waals surface area (Å²) in [6, 6.07) is 12.3. The van der Waals surface area contributed by atoms with Crippen molar-refractivity contribution in [3.63, 3.8) is 0 Å². The number of nitrogens with one attached hydrogen (secondary N) is 1. The van der Waals surface area contributed by atoms with E-state index in [1.54, 1.807) is 19.1 Å². The van der Waals surface area contributed by atoms with Gasteiger partial charge in [-0.15, -0.1) is 0 Å². The number of carbonyl (C=O) groups excluding carboxylic acids is 2. The average Bonchev–Trinajstić information content (AvgIpc) is 2.67. The van der Waals surface area contributed by atoms with Crippen LogP contribution in [-0.2, 0) is 26.2 Å². The Morgan fingerprint density at radius 1 is 1.00 bits per heavy atom. The maximum atomic E-state index is 13.3. The zero-order valence-electron chi connectivity index (χ0n) is 19.0. The predicted molar refractivity (Wildman–Crippen MR) is 123 cm³/mol. The first-order valence-corrected chi connectivity index (χ1v) is 11.9. The third kappa shape index (κ3) is 6.55. The summed E-state index contributed by atoms with van der Waals surface area (Å²) in [5, 5.41) is 2.56. The Labute approximate surface area is 185 Å². The van der Waals surface area contributed by atoms with E-state index in [1.807, 2.05) is 51.1 Å². The third-order valence-corrected chi connectivity index (χ3v) is 6.16. The summed E-state index contributed by atoms with van der Waals surface area (Å²) >= 11 is 0. The number of rotatable bonds is 8. The molecule has 2 amide bonds. The molecule has 31 heavy (non-hydrogen) atoms. The quantitative estimate of drug-likeness (QED) is 0.677. The fourth-order valence-electron chi connectivity index (χ4n) is 3.51. The van der Waals surface area contributed by atoms with E-state index in [0.29, 0.717) is 5.69 Å². The van der Waals surface area contributed by atoms with Crippen molar-refractivity contribution < 1.29 is 18.0 Å². The number of sulfonamides is 1. The summed E-state index contributed by atoms with van der Waals surface area (Å²) in [6.45, 7) is 7.12. The van der Waals surface area contributed by atoms with Gasteiger partial charge < -0.3 is 10.2 Å². The Balaban J connectivity index is 2.42. The van der Waals surface area contributed by atoms with E-state index in [0.717, 1.165) is 32.8 Å². The van der Waals surface area contributed by atoms with Gasteiger partial charge in [-0.2, -0.15) is 0 Å². The predicted octanol–water partition coefficient (Wildman–Crippen LogP) is 2.54. The Hall–Kier alpha value is -2.87. The van der Waals surface area contributed by atoms with Crippen molar-refractivity contribution >= 4 is 27.5 Å². The number of amides is 2. The summed E-state index contributed by atoms with van der Waals surface area (Å²) in [4.78, 5) is 27.1. The number of likely N-dealkylation sites (N-methyl/N-ethyl adjacent to an activating group) is 1. The highest BCUT2D eigenvalue weighted by Gasteiger charge is 2.29. The second kappa shape index (κ2) is 9.96. The molecule has 0 aliphatic rings. The largest absolute Gasteiger partial charge is 0.357 e. The van der Waals surface area contributed by atoms with E-state index in [4.69, 9.17) is 0 Å². The van der Waals surface area contributed by atoms with Crippen molar-refractivity contribution in [2.45, 2.75) is 40.3 Å². The third-order valence-electron chi connectivity index (χ3n) is 5.02. The molecule has 2 aromatic rings. The van der Waals surface area contributed by atoms with Gasteiger partial charge in [0.05, 0.1) is 11.9 Å². The van der Waals surface area contributed by atoms with E-state index in [2.05, 4.69) is 5.32 Å². The molecule has 2 rings (SSSR count). The van der Waals surface area contributed by atoms with Crippen molar-refractivity contribution in [1.82, 2.24) is 10.2 Å². The zero-order valence-corrected chi connectivity index (χ0v) is 19.8. The van der Waals surface area contributed by atoms with Crippen LogP contribution in [0.5, 0.6) is 0 Å². The lowest BCUT2D eigenvalue weighted by atomic mass is 10.1. The van der Waals surface area contributed by atoms with Gasteiger partial charge in [0.25, 0.3) is 0 Å². The summed E-state index contributed by atoms with van der Waals surface area (Å²) in [6.07, 6.45) is 1.07. The minimum Gasteiger partial charge on any atom is -0.357 e. The molecule has 0 saturated carbocycles. The fraction of sp³-hybridized carbons (Fsp3) is 0.391. The van der Waals surface area contributed by atoms with Gasteiger partial charge >= 0.3 is 0 Å². The highest BCUT2D eigenvalue weighted by atomic mass is 32.2. The first-order valence-electron chi connectivity index (χ1n) is 10.0. The number of benzene rings is 2. The van der Waals surface area contributed by atoms with Gasteiger partial charge in [-0.1, -0.05) is 35.9 Å². The van der Waals surface area contributed by atoms with E-state index < -0.39 is 28.5 Å². The molecule has 0 bridgehead atoms. The van der Waals surface area contributed by atoms with Crippen molar-refractivity contribution in [2.75, 3.05) is 24.2 Å². The average molecular weight is 446 g/mol. The molecule has 0 spiro atoms. The van der Waals surface area contributed by atoms with Gasteiger partial charge in [0.2, 0.25) is 21.8 Å². The van der Waals surface area contributed by atoms with Crippen molar-refractivity contribution in [3.8, 4) is 0 Å². The van der Waals surface area contributed by atoms with Crippen LogP contribution in [0.2, 0.25) is 0 Å². The molecule has 0 saturated heterocycles. The molecular formula is C23H31N3O4S. The van der Waals surface area contributed by atoms with Crippen LogP contribution in [0.3, 0.4) is 0 Å². The summed E-state index contributed by atoms with van der Waals surface area (Å²) in [5.41, 5.74) is 4.11. The fourth-order valence-corrected chi connectivity index (χ4v) is 4.34. The lowest BCUT2D eigenvalue weighted by Gasteiger charge is -2.31. The molecule has 0 aliphatic heterocycles. The van der Waals surface area contributed by atoms with Gasteiger partial charge in [-0.05, 0) is 56.5 Å². The molecule has 1 N–H and O–H groups in total. The maximum Gasteiger partial charge on any atom is 0.244 e. The van der Waals surface area contributed by atoms with Gasteiger partial charge in [-0.3, -0.25) is 13.9 Å². The highest BCUT2D eigenvalue weighted by molar-refractivity contribution is 7.92. The normalized spacial score (nSPS) is 12.2. The number of anilines is 1. The van der Waals surface area contributed by atoms with Crippen LogP contribution in [0, 0.1) is 20.8 Å². The lowest BCUT2D eigenvalue weighted by Crippen LogP contribution is -2.50. The highest BCUT2D eigenvalue weighted by Crippen LogP contribution is 2.22. The molecule has 0 unspecified atom stereocenters. The van der Waals surface area contributed by atoms with Crippen LogP contribution in [0.4, 0.5) is 5.69 Å². The molecule has 0 fully saturated rings. The second-order valence-corrected chi connectivity index (χ2v) is 9.82. The van der Waals surface area contributed by atoms with E-state index in [9.17, 15) is 18.0 Å². The van der Waals surface area contributed by atoms with Crippen molar-refractivity contribution in [3.05, 3.63) is 64.7 Å². The summed E-state index contributed by atoms with van der Waals surface area (Å²) in [7, 11) is -2.22. The molecular weight excluding hydrogens is 414 g/mol. The van der Waals surface area contributed by atoms with Gasteiger partial charge in [0.15, 0.2) is 0 Å². The minimum atomic E-state index is -3.73. The first-order chi connectivity index (χ1) is 14.4. The Morgan fingerprint density at radius 3 is 2.13 bits per heavy atom. The van der Waals surface area contributed by atoms with Crippen LogP contribution in [0.25, 0.3) is 0 Å². The van der Waals surface area contributed by atoms with Crippen molar-refractivity contribution in [2.24, 2.45) is 0 Å². The van der Waals surface area contributed by atoms with Crippen LogP contribution in [-0.4, -0.2) is 51.0 Å². The molecule has 0 aliphatic carbocycles. The van der Waals surface area contributed by atoms with Crippen LogP contribution >= 0.6 is 0 Å². The van der Waals surface area contributed by atoms with Crippen LogP contribution < -0.4 is 9.62 Å². The molecule has 0 heterocycles. The van der Waals surface area contributed by atoms with E-state index in [-0.39, 0.29) is 12.5 Å². The van der Waals surface area contributed by atoms with Crippen LogP contribution in [0.15, 0.2) is 42.5 Å². The molecule has 8 heteroatoms. The maximum absolute atomic E-state index is 13.3. The van der Waals surface area contributed by atoms with Crippen LogP contribution in [0.1, 0.15) is 29.2 Å². The van der Waals surface area contributed by atoms with Gasteiger partial charge in [-0.25, -0.2) is 8.42 Å². The summed E-state index contributed by atoms with van der Waals surface area (Å²) in [5.74, 6) is -0.777. The lowest BCUT2D eigenvalue weighted by molar-refractivity contribution is -0.139. The zero-order chi connectivity index (χ0) is 23.3. The monoisotopic (exact) mass is 445 g/mol. The smallest absolute Gasteiger partial charge is 0.244 e. The molecule has 0 aromatic heterocycles. The van der Waals surface area contributed by atoms with E-state index >= 15 is 0 Å².